The fraction of sp³-hybridized carbons (Fsp3) is 0.583. The van der Waals surface area contributed by atoms with Gasteiger partial charge in [-0.1, -0.05) is 0 Å². The number of rotatable bonds is 6. The monoisotopic (exact) mass is 266 g/mol. The number of hydrogen-bond acceptors (Lipinski definition) is 6. The van der Waals surface area contributed by atoms with E-state index in [0.29, 0.717) is 24.1 Å². The van der Waals surface area contributed by atoms with E-state index in [2.05, 4.69) is 15.6 Å². The number of anilines is 2. The minimum atomic E-state index is -0.423. The third-order valence-corrected chi connectivity index (χ3v) is 3.20. The van der Waals surface area contributed by atoms with Crippen LogP contribution in [0.4, 0.5) is 17.3 Å². The predicted octanol–water partition coefficient (Wildman–Crippen LogP) is 1.87. The molecular weight excluding hydrogens is 248 g/mol. The number of pyridine rings is 1. The molecule has 1 aliphatic rings. The minimum Gasteiger partial charge on any atom is -0.381 e. The highest BCUT2D eigenvalue weighted by atomic mass is 16.6. The zero-order valence-corrected chi connectivity index (χ0v) is 10.9. The summed E-state index contributed by atoms with van der Waals surface area (Å²) in [5, 5.41) is 16.8. The van der Waals surface area contributed by atoms with E-state index in [9.17, 15) is 10.1 Å². The van der Waals surface area contributed by atoms with Crippen molar-refractivity contribution in [1.82, 2.24) is 4.98 Å². The summed E-state index contributed by atoms with van der Waals surface area (Å²) in [4.78, 5) is 14.7. The average Bonchev–Trinajstić information content (AvgIpc) is 2.91. The van der Waals surface area contributed by atoms with Gasteiger partial charge in [-0.15, -0.1) is 0 Å². The van der Waals surface area contributed by atoms with Crippen molar-refractivity contribution in [2.45, 2.75) is 12.8 Å². The van der Waals surface area contributed by atoms with Crippen LogP contribution in [-0.2, 0) is 4.74 Å². The summed E-state index contributed by atoms with van der Waals surface area (Å²) in [5.74, 6) is 1.46. The molecule has 104 valence electrons. The average molecular weight is 266 g/mol. The molecule has 1 atom stereocenters. The van der Waals surface area contributed by atoms with Crippen LogP contribution in [0.5, 0.6) is 0 Å². The molecule has 1 aromatic rings. The van der Waals surface area contributed by atoms with Crippen molar-refractivity contribution in [2.24, 2.45) is 5.92 Å². The van der Waals surface area contributed by atoms with E-state index in [1.165, 1.54) is 6.07 Å². The summed E-state index contributed by atoms with van der Waals surface area (Å²) >= 11 is 0. The topological polar surface area (TPSA) is 89.3 Å². The summed E-state index contributed by atoms with van der Waals surface area (Å²) in [7, 11) is 1.73. The van der Waals surface area contributed by atoms with Gasteiger partial charge in [0.05, 0.1) is 4.92 Å². The van der Waals surface area contributed by atoms with Crippen molar-refractivity contribution < 1.29 is 9.66 Å². The lowest BCUT2D eigenvalue weighted by molar-refractivity contribution is -0.384. The number of nitrogens with one attached hydrogen (secondary N) is 2. The molecule has 1 saturated heterocycles. The third kappa shape index (κ3) is 3.54. The molecule has 1 unspecified atom stereocenters. The Morgan fingerprint density at radius 2 is 2.42 bits per heavy atom. The van der Waals surface area contributed by atoms with E-state index in [-0.39, 0.29) is 5.69 Å². The van der Waals surface area contributed by atoms with Crippen LogP contribution >= 0.6 is 0 Å². The SMILES string of the molecule is CNc1ccc([N+](=O)[O-])c(NCCC2CCOC2)n1. The van der Waals surface area contributed by atoms with Gasteiger partial charge >= 0.3 is 5.69 Å². The Balaban J connectivity index is 1.98. The Bertz CT molecular complexity index is 447. The molecule has 0 radical (unpaired) electrons. The van der Waals surface area contributed by atoms with Crippen molar-refractivity contribution in [3.63, 3.8) is 0 Å². The van der Waals surface area contributed by atoms with E-state index in [1.807, 2.05) is 0 Å². The van der Waals surface area contributed by atoms with Crippen LogP contribution in [0.3, 0.4) is 0 Å². The molecule has 7 nitrogen and oxygen atoms in total. The molecule has 0 aromatic carbocycles. The highest BCUT2D eigenvalue weighted by Crippen LogP contribution is 2.24. The predicted molar refractivity (Wildman–Crippen MR) is 72.5 cm³/mol. The minimum absolute atomic E-state index is 0.00155. The first-order chi connectivity index (χ1) is 9.20. The molecule has 0 spiro atoms. The molecule has 2 heterocycles. The summed E-state index contributed by atoms with van der Waals surface area (Å²) in [6.07, 6.45) is 2.00. The first-order valence-electron chi connectivity index (χ1n) is 6.35. The standard InChI is InChI=1S/C12H18N4O3/c1-13-11-3-2-10(16(17)18)12(15-11)14-6-4-9-5-7-19-8-9/h2-3,9H,4-8H2,1H3,(H2,13,14,15). The molecule has 0 aliphatic carbocycles. The Labute approximate surface area is 111 Å². The first-order valence-corrected chi connectivity index (χ1v) is 6.35. The fourth-order valence-corrected chi connectivity index (χ4v) is 2.07. The molecule has 0 saturated carbocycles. The van der Waals surface area contributed by atoms with Crippen molar-refractivity contribution in [1.29, 1.82) is 0 Å². The number of hydrogen-bond donors (Lipinski definition) is 2. The lowest BCUT2D eigenvalue weighted by atomic mass is 10.1. The molecule has 1 fully saturated rings. The number of nitro groups is 1. The van der Waals surface area contributed by atoms with Gasteiger partial charge in [0.1, 0.15) is 5.82 Å². The first kappa shape index (κ1) is 13.5. The molecule has 0 amide bonds. The lowest BCUT2D eigenvalue weighted by Gasteiger charge is -2.10. The van der Waals surface area contributed by atoms with E-state index < -0.39 is 4.92 Å². The maximum atomic E-state index is 10.9. The van der Waals surface area contributed by atoms with Gasteiger partial charge in [-0.3, -0.25) is 10.1 Å². The van der Waals surface area contributed by atoms with Gasteiger partial charge in [-0.25, -0.2) is 4.98 Å². The highest BCUT2D eigenvalue weighted by Gasteiger charge is 2.18. The van der Waals surface area contributed by atoms with Gasteiger partial charge in [0.25, 0.3) is 0 Å². The highest BCUT2D eigenvalue weighted by molar-refractivity contribution is 5.60. The van der Waals surface area contributed by atoms with Gasteiger partial charge in [-0.05, 0) is 24.8 Å². The maximum Gasteiger partial charge on any atom is 0.311 e. The summed E-state index contributed by atoms with van der Waals surface area (Å²) in [5.41, 5.74) is 0.00155. The van der Waals surface area contributed by atoms with Gasteiger partial charge in [0.2, 0.25) is 5.82 Å². The molecular formula is C12H18N4O3. The van der Waals surface area contributed by atoms with Gasteiger partial charge < -0.3 is 15.4 Å². The molecule has 7 heteroatoms. The zero-order chi connectivity index (χ0) is 13.7. The van der Waals surface area contributed by atoms with Crippen LogP contribution in [0, 0.1) is 16.0 Å². The largest absolute Gasteiger partial charge is 0.381 e. The number of ether oxygens (including phenoxy) is 1. The van der Waals surface area contributed by atoms with E-state index >= 15 is 0 Å². The smallest absolute Gasteiger partial charge is 0.311 e. The molecule has 1 aliphatic heterocycles. The summed E-state index contributed by atoms with van der Waals surface area (Å²) in [6.45, 7) is 2.26. The summed E-state index contributed by atoms with van der Waals surface area (Å²) in [6, 6.07) is 3.05. The van der Waals surface area contributed by atoms with Crippen LogP contribution in [0.1, 0.15) is 12.8 Å². The molecule has 2 N–H and O–H groups in total. The second-order valence-electron chi connectivity index (χ2n) is 4.52. The molecule has 2 rings (SSSR count). The van der Waals surface area contributed by atoms with Crippen LogP contribution in [0.2, 0.25) is 0 Å². The van der Waals surface area contributed by atoms with Crippen LogP contribution < -0.4 is 10.6 Å². The Morgan fingerprint density at radius 3 is 3.05 bits per heavy atom. The summed E-state index contributed by atoms with van der Waals surface area (Å²) < 4.78 is 5.30. The van der Waals surface area contributed by atoms with Crippen LogP contribution in [0.25, 0.3) is 0 Å². The quantitative estimate of drug-likeness (QED) is 0.603. The Kier molecular flexibility index (Phi) is 4.51. The normalized spacial score (nSPS) is 18.3. The van der Waals surface area contributed by atoms with Gasteiger partial charge in [0, 0.05) is 32.9 Å². The Morgan fingerprint density at radius 1 is 1.58 bits per heavy atom. The number of aromatic nitrogens is 1. The van der Waals surface area contributed by atoms with Crippen molar-refractivity contribution in [3.8, 4) is 0 Å². The molecule has 19 heavy (non-hydrogen) atoms. The van der Waals surface area contributed by atoms with Crippen LogP contribution in [0.15, 0.2) is 12.1 Å². The fourth-order valence-electron chi connectivity index (χ4n) is 2.07. The van der Waals surface area contributed by atoms with E-state index in [4.69, 9.17) is 4.74 Å². The van der Waals surface area contributed by atoms with Crippen LogP contribution in [-0.4, -0.2) is 36.7 Å². The second kappa shape index (κ2) is 6.33. The molecule has 1 aromatic heterocycles. The maximum absolute atomic E-state index is 10.9. The van der Waals surface area contributed by atoms with Gasteiger partial charge in [-0.2, -0.15) is 0 Å². The second-order valence-corrected chi connectivity index (χ2v) is 4.52. The van der Waals surface area contributed by atoms with E-state index in [1.54, 1.807) is 13.1 Å². The van der Waals surface area contributed by atoms with Crippen molar-refractivity contribution >= 4 is 17.3 Å². The van der Waals surface area contributed by atoms with Crippen molar-refractivity contribution in [3.05, 3.63) is 22.2 Å². The molecule has 0 bridgehead atoms. The zero-order valence-electron chi connectivity index (χ0n) is 10.9. The van der Waals surface area contributed by atoms with E-state index in [0.717, 1.165) is 26.1 Å². The third-order valence-electron chi connectivity index (χ3n) is 3.20. The number of nitrogens with zero attached hydrogens (tertiary/aromatic N) is 2. The lowest BCUT2D eigenvalue weighted by Crippen LogP contribution is -2.11. The Hall–Kier alpha value is -1.89. The van der Waals surface area contributed by atoms with Crippen molar-refractivity contribution in [2.75, 3.05) is 37.4 Å². The van der Waals surface area contributed by atoms with Gasteiger partial charge in [0.15, 0.2) is 0 Å².